The van der Waals surface area contributed by atoms with Crippen molar-refractivity contribution in [3.05, 3.63) is 109 Å². The summed E-state index contributed by atoms with van der Waals surface area (Å²) in [6.07, 6.45) is 65.1. The van der Waals surface area contributed by atoms with E-state index in [1.807, 2.05) is 12.2 Å². The van der Waals surface area contributed by atoms with Crippen molar-refractivity contribution in [2.45, 2.75) is 207 Å². The van der Waals surface area contributed by atoms with Gasteiger partial charge in [0, 0.05) is 19.3 Å². The molecular formula is C55H88O6. The molecule has 0 spiro atoms. The highest BCUT2D eigenvalue weighted by Gasteiger charge is 2.19. The fraction of sp³-hybridized carbons (Fsp3) is 0.618. The number of hydrogen-bond acceptors (Lipinski definition) is 6. The van der Waals surface area contributed by atoms with Gasteiger partial charge in [-0.25, -0.2) is 0 Å². The predicted octanol–water partition coefficient (Wildman–Crippen LogP) is 16.0. The Morgan fingerprint density at radius 3 is 1.25 bits per heavy atom. The van der Waals surface area contributed by atoms with Gasteiger partial charge in [-0.05, 0) is 77.0 Å². The molecule has 0 aromatic carbocycles. The smallest absolute Gasteiger partial charge is 0.306 e. The number of unbranched alkanes of at least 4 members (excludes halogenated alkanes) is 15. The first-order valence-corrected chi connectivity index (χ1v) is 24.4. The lowest BCUT2D eigenvalue weighted by Crippen LogP contribution is -2.30. The van der Waals surface area contributed by atoms with Crippen LogP contribution in [0.3, 0.4) is 0 Å². The molecule has 0 rings (SSSR count). The maximum Gasteiger partial charge on any atom is 0.306 e. The zero-order valence-corrected chi connectivity index (χ0v) is 39.1. The molecule has 0 radical (unpaired) electrons. The van der Waals surface area contributed by atoms with Crippen molar-refractivity contribution in [3.8, 4) is 0 Å². The van der Waals surface area contributed by atoms with Gasteiger partial charge in [-0.3, -0.25) is 14.4 Å². The summed E-state index contributed by atoms with van der Waals surface area (Å²) >= 11 is 0. The molecule has 0 saturated carbocycles. The lowest BCUT2D eigenvalue weighted by molar-refractivity contribution is -0.166. The van der Waals surface area contributed by atoms with Crippen LogP contribution in [0.1, 0.15) is 201 Å². The molecule has 1 atom stereocenters. The molecule has 0 bridgehead atoms. The number of esters is 3. The molecule has 0 saturated heterocycles. The lowest BCUT2D eigenvalue weighted by Gasteiger charge is -2.18. The van der Waals surface area contributed by atoms with Gasteiger partial charge in [0.15, 0.2) is 6.10 Å². The summed E-state index contributed by atoms with van der Waals surface area (Å²) in [5.41, 5.74) is 0. The van der Waals surface area contributed by atoms with Crippen LogP contribution < -0.4 is 0 Å². The van der Waals surface area contributed by atoms with Crippen molar-refractivity contribution in [2.24, 2.45) is 0 Å². The number of allylic oxidation sites excluding steroid dienone is 18. The van der Waals surface area contributed by atoms with E-state index in [1.165, 1.54) is 57.8 Å². The van der Waals surface area contributed by atoms with Crippen LogP contribution in [0.25, 0.3) is 0 Å². The summed E-state index contributed by atoms with van der Waals surface area (Å²) in [7, 11) is 0. The molecule has 0 aliphatic carbocycles. The minimum Gasteiger partial charge on any atom is -0.462 e. The van der Waals surface area contributed by atoms with E-state index in [2.05, 4.69) is 118 Å². The first kappa shape index (κ1) is 57.1. The zero-order valence-electron chi connectivity index (χ0n) is 39.1. The van der Waals surface area contributed by atoms with Crippen LogP contribution in [0, 0.1) is 0 Å². The van der Waals surface area contributed by atoms with Gasteiger partial charge in [0.25, 0.3) is 0 Å². The van der Waals surface area contributed by atoms with Crippen molar-refractivity contribution in [2.75, 3.05) is 13.2 Å². The van der Waals surface area contributed by atoms with Crippen molar-refractivity contribution >= 4 is 17.9 Å². The molecular weight excluding hydrogens is 757 g/mol. The van der Waals surface area contributed by atoms with E-state index in [9.17, 15) is 14.4 Å². The van der Waals surface area contributed by atoms with Crippen molar-refractivity contribution in [1.82, 2.24) is 0 Å². The Bertz CT molecular complexity index is 1290. The van der Waals surface area contributed by atoms with Crippen LogP contribution in [0.15, 0.2) is 109 Å². The Labute approximate surface area is 374 Å². The molecule has 0 aliphatic rings. The summed E-state index contributed by atoms with van der Waals surface area (Å²) in [4.78, 5) is 37.8. The first-order valence-electron chi connectivity index (χ1n) is 24.4. The van der Waals surface area contributed by atoms with Crippen molar-refractivity contribution in [1.29, 1.82) is 0 Å². The molecule has 61 heavy (non-hydrogen) atoms. The number of hydrogen-bond donors (Lipinski definition) is 0. The van der Waals surface area contributed by atoms with Gasteiger partial charge in [0.05, 0.1) is 0 Å². The monoisotopic (exact) mass is 845 g/mol. The van der Waals surface area contributed by atoms with Crippen LogP contribution in [0.4, 0.5) is 0 Å². The molecule has 0 N–H and O–H groups in total. The van der Waals surface area contributed by atoms with Crippen LogP contribution in [0.5, 0.6) is 0 Å². The van der Waals surface area contributed by atoms with Crippen molar-refractivity contribution in [3.63, 3.8) is 0 Å². The Kier molecular flexibility index (Phi) is 45.6. The summed E-state index contributed by atoms with van der Waals surface area (Å²) in [5, 5.41) is 0. The van der Waals surface area contributed by atoms with Gasteiger partial charge < -0.3 is 14.2 Å². The first-order chi connectivity index (χ1) is 30.0. The van der Waals surface area contributed by atoms with Crippen LogP contribution in [-0.4, -0.2) is 37.2 Å². The third-order valence-electron chi connectivity index (χ3n) is 9.85. The fourth-order valence-electron chi connectivity index (χ4n) is 6.23. The lowest BCUT2D eigenvalue weighted by atomic mass is 10.1. The van der Waals surface area contributed by atoms with E-state index < -0.39 is 6.10 Å². The Morgan fingerprint density at radius 2 is 0.754 bits per heavy atom. The van der Waals surface area contributed by atoms with Gasteiger partial charge in [-0.15, -0.1) is 0 Å². The molecule has 0 fully saturated rings. The molecule has 6 nitrogen and oxygen atoms in total. The topological polar surface area (TPSA) is 78.9 Å². The van der Waals surface area contributed by atoms with E-state index in [-0.39, 0.29) is 37.5 Å². The Morgan fingerprint density at radius 1 is 0.361 bits per heavy atom. The quantitative estimate of drug-likeness (QED) is 0.0200. The third-order valence-corrected chi connectivity index (χ3v) is 9.85. The highest BCUT2D eigenvalue weighted by Crippen LogP contribution is 2.13. The van der Waals surface area contributed by atoms with E-state index in [0.717, 1.165) is 96.3 Å². The number of carbonyl (C=O) groups is 3. The van der Waals surface area contributed by atoms with Gasteiger partial charge in [0.2, 0.25) is 0 Å². The van der Waals surface area contributed by atoms with Gasteiger partial charge in [0.1, 0.15) is 13.2 Å². The third kappa shape index (κ3) is 47.0. The minimum atomic E-state index is -0.813. The average molecular weight is 845 g/mol. The van der Waals surface area contributed by atoms with Crippen LogP contribution >= 0.6 is 0 Å². The maximum atomic E-state index is 12.8. The zero-order chi connectivity index (χ0) is 44.4. The van der Waals surface area contributed by atoms with E-state index in [0.29, 0.717) is 19.3 Å². The number of rotatable bonds is 42. The largest absolute Gasteiger partial charge is 0.462 e. The van der Waals surface area contributed by atoms with Gasteiger partial charge in [-0.1, -0.05) is 214 Å². The molecule has 0 aromatic rings. The summed E-state index contributed by atoms with van der Waals surface area (Å²) in [6, 6.07) is 0. The summed E-state index contributed by atoms with van der Waals surface area (Å²) < 4.78 is 16.7. The standard InChI is InChI=1S/C55H88O6/c1-4-7-10-13-16-19-21-23-25-26-27-28-30-31-33-36-39-42-45-48-54(57)60-51-52(50-59-53(56)47-44-41-38-35-18-15-12-9-6-3)61-55(58)49-46-43-40-37-34-32-29-24-22-20-17-14-11-8-5-2/h7-8,10-11,14,16-17,19-20,22-23,25,27-28,31,33,39,42,52H,4-6,9,12-13,15,18,21,24,26,29-30,32,34-38,40-41,43-51H2,1-3H3/b10-7-,11-8-,17-14-,19-16-,22-20-,25-23-,28-27-,33-31-,42-39-. The van der Waals surface area contributed by atoms with Gasteiger partial charge in [-0.2, -0.15) is 0 Å². The summed E-state index contributed by atoms with van der Waals surface area (Å²) in [6.45, 7) is 6.28. The molecule has 0 aliphatic heterocycles. The molecule has 6 heteroatoms. The highest BCUT2D eigenvalue weighted by atomic mass is 16.6. The van der Waals surface area contributed by atoms with Gasteiger partial charge >= 0.3 is 17.9 Å². The average Bonchev–Trinajstić information content (AvgIpc) is 3.26. The number of ether oxygens (including phenoxy) is 3. The van der Waals surface area contributed by atoms with Crippen LogP contribution in [-0.2, 0) is 28.6 Å². The number of carbonyl (C=O) groups excluding carboxylic acids is 3. The maximum absolute atomic E-state index is 12.8. The van der Waals surface area contributed by atoms with Crippen LogP contribution in [0.2, 0.25) is 0 Å². The molecule has 344 valence electrons. The Balaban J connectivity index is 4.49. The van der Waals surface area contributed by atoms with E-state index in [1.54, 1.807) is 0 Å². The van der Waals surface area contributed by atoms with Crippen molar-refractivity contribution < 1.29 is 28.6 Å². The fourth-order valence-corrected chi connectivity index (χ4v) is 6.23. The molecule has 0 amide bonds. The second kappa shape index (κ2) is 48.7. The minimum absolute atomic E-state index is 0.107. The van der Waals surface area contributed by atoms with E-state index in [4.69, 9.17) is 14.2 Å². The molecule has 0 heterocycles. The second-order valence-electron chi connectivity index (χ2n) is 15.7. The second-order valence-corrected chi connectivity index (χ2v) is 15.7. The highest BCUT2D eigenvalue weighted by molar-refractivity contribution is 5.71. The van der Waals surface area contributed by atoms with E-state index >= 15 is 0 Å². The Hall–Kier alpha value is -3.93. The molecule has 0 aromatic heterocycles. The predicted molar refractivity (Wildman–Crippen MR) is 260 cm³/mol. The summed E-state index contributed by atoms with van der Waals surface area (Å²) in [5.74, 6) is -1.02. The SMILES string of the molecule is CC\C=C/C=C\C=C/CCCCCCCCCC(=O)OC(COC(=O)CC/C=C\C/C=C\C/C=C\C/C=C\C/C=C\C/C=C\CC)COC(=O)CCCCCCCCCCC. The molecule has 1 unspecified atom stereocenters. The normalized spacial score (nSPS) is 13.0.